The molecule has 2 aromatic carbocycles. The molecule has 5 rings (SSSR count). The fourth-order valence-electron chi connectivity index (χ4n) is 4.32. The summed E-state index contributed by atoms with van der Waals surface area (Å²) in [5.41, 5.74) is 3.55. The van der Waals surface area contributed by atoms with Crippen LogP contribution >= 0.6 is 0 Å². The van der Waals surface area contributed by atoms with Gasteiger partial charge in [-0.05, 0) is 55.1 Å². The summed E-state index contributed by atoms with van der Waals surface area (Å²) < 4.78 is 0. The van der Waals surface area contributed by atoms with Gasteiger partial charge in [-0.25, -0.2) is 0 Å². The van der Waals surface area contributed by atoms with Gasteiger partial charge in [-0.2, -0.15) is 0 Å². The molecule has 0 radical (unpaired) electrons. The lowest BCUT2D eigenvalue weighted by Gasteiger charge is -2.22. The number of hydrogen-bond acceptors (Lipinski definition) is 3. The summed E-state index contributed by atoms with van der Waals surface area (Å²) >= 11 is 0. The highest BCUT2D eigenvalue weighted by Crippen LogP contribution is 2.44. The molecule has 2 aromatic rings. The first-order valence-electron chi connectivity index (χ1n) is 9.67. The van der Waals surface area contributed by atoms with Gasteiger partial charge in [0.05, 0.1) is 5.41 Å². The van der Waals surface area contributed by atoms with Gasteiger partial charge in [0.1, 0.15) is 0 Å². The Morgan fingerprint density at radius 2 is 1.93 bits per heavy atom. The maximum absolute atomic E-state index is 12.7. The van der Waals surface area contributed by atoms with Crippen molar-refractivity contribution in [3.63, 3.8) is 0 Å². The van der Waals surface area contributed by atoms with Crippen LogP contribution in [0.2, 0.25) is 0 Å². The topological polar surface area (TPSA) is 61.4 Å². The van der Waals surface area contributed by atoms with Gasteiger partial charge in [-0.15, -0.1) is 0 Å². The van der Waals surface area contributed by atoms with Gasteiger partial charge in [0, 0.05) is 30.4 Å². The molecule has 2 aliphatic heterocycles. The third-order valence-electron chi connectivity index (χ3n) is 6.01. The standard InChI is InChI=1S/C22H23N3O2/c26-20(23-17-9-10-17)16-7-5-15(6-8-16)13-25-12-11-22(14-25)18-3-1-2-4-19(18)24-21(22)27/h1-8,17H,9-14H2,(H,23,26)(H,24,27). The van der Waals surface area contributed by atoms with Crippen molar-refractivity contribution in [3.05, 3.63) is 65.2 Å². The Morgan fingerprint density at radius 3 is 2.70 bits per heavy atom. The van der Waals surface area contributed by atoms with Crippen molar-refractivity contribution in [1.82, 2.24) is 10.2 Å². The molecule has 2 N–H and O–H groups in total. The van der Waals surface area contributed by atoms with Gasteiger partial charge >= 0.3 is 0 Å². The molecular formula is C22H23N3O2. The molecule has 1 saturated heterocycles. The van der Waals surface area contributed by atoms with E-state index in [-0.39, 0.29) is 11.8 Å². The van der Waals surface area contributed by atoms with Crippen LogP contribution in [-0.4, -0.2) is 35.8 Å². The fraction of sp³-hybridized carbons (Fsp3) is 0.364. The second-order valence-corrected chi connectivity index (χ2v) is 7.99. The fourth-order valence-corrected chi connectivity index (χ4v) is 4.32. The zero-order valence-electron chi connectivity index (χ0n) is 15.2. The Bertz CT molecular complexity index is 904. The molecule has 138 valence electrons. The molecule has 1 atom stereocenters. The summed E-state index contributed by atoms with van der Waals surface area (Å²) in [5.74, 6) is 0.140. The zero-order chi connectivity index (χ0) is 18.4. The van der Waals surface area contributed by atoms with E-state index in [9.17, 15) is 9.59 Å². The number of nitrogens with one attached hydrogen (secondary N) is 2. The molecule has 0 aromatic heterocycles. The van der Waals surface area contributed by atoms with Gasteiger partial charge in [0.2, 0.25) is 5.91 Å². The van der Waals surface area contributed by atoms with E-state index >= 15 is 0 Å². The SMILES string of the molecule is O=C(NC1CC1)c1ccc(CN2CCC3(C2)C(=O)Nc2ccccc23)cc1. The quantitative estimate of drug-likeness (QED) is 0.880. The Hall–Kier alpha value is -2.66. The first-order chi connectivity index (χ1) is 13.1. The van der Waals surface area contributed by atoms with E-state index in [1.807, 2.05) is 42.5 Å². The monoisotopic (exact) mass is 361 g/mol. The summed E-state index contributed by atoms with van der Waals surface area (Å²) in [7, 11) is 0. The lowest BCUT2D eigenvalue weighted by Crippen LogP contribution is -2.37. The molecular weight excluding hydrogens is 338 g/mol. The highest BCUT2D eigenvalue weighted by molar-refractivity contribution is 6.06. The molecule has 1 spiro atoms. The molecule has 27 heavy (non-hydrogen) atoms. The zero-order valence-corrected chi connectivity index (χ0v) is 15.2. The maximum atomic E-state index is 12.7. The smallest absolute Gasteiger partial charge is 0.251 e. The third kappa shape index (κ3) is 2.92. The number of benzene rings is 2. The number of para-hydroxylation sites is 1. The number of amides is 2. The Morgan fingerprint density at radius 1 is 1.15 bits per heavy atom. The van der Waals surface area contributed by atoms with Crippen LogP contribution in [0.1, 0.15) is 40.7 Å². The van der Waals surface area contributed by atoms with Gasteiger partial charge < -0.3 is 10.6 Å². The average molecular weight is 361 g/mol. The van der Waals surface area contributed by atoms with E-state index in [0.717, 1.165) is 50.1 Å². The van der Waals surface area contributed by atoms with Crippen LogP contribution in [0.25, 0.3) is 0 Å². The molecule has 1 aliphatic carbocycles. The number of hydrogen-bond donors (Lipinski definition) is 2. The average Bonchev–Trinajstić information content (AvgIpc) is 3.32. The van der Waals surface area contributed by atoms with Crippen LogP contribution in [0.5, 0.6) is 0 Å². The number of rotatable bonds is 4. The van der Waals surface area contributed by atoms with Crippen LogP contribution in [0.3, 0.4) is 0 Å². The molecule has 2 fully saturated rings. The largest absolute Gasteiger partial charge is 0.349 e. The van der Waals surface area contributed by atoms with E-state index in [1.165, 1.54) is 5.56 Å². The number of carbonyl (C=O) groups is 2. The minimum Gasteiger partial charge on any atom is -0.349 e. The Kier molecular flexibility index (Phi) is 3.79. The predicted molar refractivity (Wildman–Crippen MR) is 104 cm³/mol. The van der Waals surface area contributed by atoms with Crippen molar-refractivity contribution >= 4 is 17.5 Å². The van der Waals surface area contributed by atoms with E-state index in [1.54, 1.807) is 0 Å². The molecule has 5 heteroatoms. The van der Waals surface area contributed by atoms with Crippen molar-refractivity contribution in [2.75, 3.05) is 18.4 Å². The normalized spacial score (nSPS) is 24.1. The summed E-state index contributed by atoms with van der Waals surface area (Å²) in [4.78, 5) is 27.1. The number of nitrogens with zero attached hydrogens (tertiary/aromatic N) is 1. The van der Waals surface area contributed by atoms with Gasteiger partial charge in [-0.1, -0.05) is 30.3 Å². The van der Waals surface area contributed by atoms with E-state index < -0.39 is 5.41 Å². The van der Waals surface area contributed by atoms with Gasteiger partial charge in [-0.3, -0.25) is 14.5 Å². The van der Waals surface area contributed by atoms with Crippen molar-refractivity contribution < 1.29 is 9.59 Å². The number of fused-ring (bicyclic) bond motifs is 2. The Balaban J connectivity index is 1.27. The van der Waals surface area contributed by atoms with Crippen LogP contribution in [0.15, 0.2) is 48.5 Å². The highest BCUT2D eigenvalue weighted by atomic mass is 16.2. The first kappa shape index (κ1) is 16.5. The number of likely N-dealkylation sites (tertiary alicyclic amines) is 1. The summed E-state index contributed by atoms with van der Waals surface area (Å²) in [6.45, 7) is 2.42. The summed E-state index contributed by atoms with van der Waals surface area (Å²) in [6.07, 6.45) is 3.03. The maximum Gasteiger partial charge on any atom is 0.251 e. The molecule has 2 heterocycles. The van der Waals surface area contributed by atoms with E-state index in [2.05, 4.69) is 21.6 Å². The number of carbonyl (C=O) groups excluding carboxylic acids is 2. The van der Waals surface area contributed by atoms with Crippen molar-refractivity contribution in [2.45, 2.75) is 37.3 Å². The van der Waals surface area contributed by atoms with Crippen LogP contribution in [0, 0.1) is 0 Å². The second-order valence-electron chi connectivity index (χ2n) is 7.99. The first-order valence-corrected chi connectivity index (χ1v) is 9.67. The van der Waals surface area contributed by atoms with E-state index in [4.69, 9.17) is 0 Å². The predicted octanol–water partition coefficient (Wildman–Crippen LogP) is 2.67. The third-order valence-corrected chi connectivity index (χ3v) is 6.01. The van der Waals surface area contributed by atoms with Crippen LogP contribution < -0.4 is 10.6 Å². The van der Waals surface area contributed by atoms with Crippen molar-refractivity contribution in [1.29, 1.82) is 0 Å². The van der Waals surface area contributed by atoms with Gasteiger partial charge in [0.15, 0.2) is 0 Å². The van der Waals surface area contributed by atoms with Crippen LogP contribution in [-0.2, 0) is 16.8 Å². The molecule has 1 unspecified atom stereocenters. The Labute approximate surface area is 158 Å². The molecule has 3 aliphatic rings. The molecule has 5 nitrogen and oxygen atoms in total. The van der Waals surface area contributed by atoms with Crippen molar-refractivity contribution in [3.8, 4) is 0 Å². The van der Waals surface area contributed by atoms with Crippen LogP contribution in [0.4, 0.5) is 5.69 Å². The molecule has 0 bridgehead atoms. The van der Waals surface area contributed by atoms with Crippen molar-refractivity contribution in [2.24, 2.45) is 0 Å². The van der Waals surface area contributed by atoms with E-state index in [0.29, 0.717) is 11.6 Å². The summed E-state index contributed by atoms with van der Waals surface area (Å²) in [5, 5.41) is 6.06. The van der Waals surface area contributed by atoms with Gasteiger partial charge in [0.25, 0.3) is 5.91 Å². The highest BCUT2D eigenvalue weighted by Gasteiger charge is 2.50. The second kappa shape index (κ2) is 6.20. The minimum absolute atomic E-state index is 0.0170. The lowest BCUT2D eigenvalue weighted by molar-refractivity contribution is -0.120. The summed E-state index contributed by atoms with van der Waals surface area (Å²) in [6, 6.07) is 16.2. The molecule has 2 amide bonds. The molecule has 1 saturated carbocycles. The lowest BCUT2D eigenvalue weighted by atomic mass is 9.81. The number of anilines is 1. The minimum atomic E-state index is -0.416.